The lowest BCUT2D eigenvalue weighted by Crippen LogP contribution is -2.29. The summed E-state index contributed by atoms with van der Waals surface area (Å²) < 4.78 is 7.03. The molecule has 1 unspecified atom stereocenters. The molecule has 3 aromatic rings. The van der Waals surface area contributed by atoms with Crippen LogP contribution in [-0.2, 0) is 14.3 Å². The maximum Gasteiger partial charge on any atom is 0.308 e. The van der Waals surface area contributed by atoms with Gasteiger partial charge in [-0.15, -0.1) is 11.3 Å². The van der Waals surface area contributed by atoms with Gasteiger partial charge in [-0.3, -0.25) is 14.0 Å². The minimum Gasteiger partial charge on any atom is -0.463 e. The van der Waals surface area contributed by atoms with E-state index >= 15 is 0 Å². The first-order chi connectivity index (χ1) is 13.4. The zero-order valence-corrected chi connectivity index (χ0v) is 17.0. The summed E-state index contributed by atoms with van der Waals surface area (Å²) in [5.74, 6) is -0.709. The third kappa shape index (κ3) is 4.99. The zero-order chi connectivity index (χ0) is 20.1. The number of imidazole rings is 1. The van der Waals surface area contributed by atoms with Crippen molar-refractivity contribution in [2.24, 2.45) is 0 Å². The summed E-state index contributed by atoms with van der Waals surface area (Å²) in [5.41, 5.74) is 1.45. The van der Waals surface area contributed by atoms with Gasteiger partial charge in [0.25, 0.3) is 0 Å². The lowest BCUT2D eigenvalue weighted by Gasteiger charge is -2.18. The summed E-state index contributed by atoms with van der Waals surface area (Å²) in [6.07, 6.45) is 4.67. The average molecular weight is 418 g/mol. The molecule has 1 amide bonds. The monoisotopic (exact) mass is 417 g/mol. The molecule has 1 atom stereocenters. The van der Waals surface area contributed by atoms with Gasteiger partial charge in [-0.1, -0.05) is 41.9 Å². The predicted molar refractivity (Wildman–Crippen MR) is 110 cm³/mol. The smallest absolute Gasteiger partial charge is 0.308 e. The summed E-state index contributed by atoms with van der Waals surface area (Å²) in [4.78, 5) is 29.6. The third-order valence-electron chi connectivity index (χ3n) is 3.90. The Morgan fingerprint density at radius 3 is 2.79 bits per heavy atom. The van der Waals surface area contributed by atoms with Crippen LogP contribution in [0.1, 0.15) is 37.6 Å². The lowest BCUT2D eigenvalue weighted by atomic mass is 10.0. The number of nitrogens with one attached hydrogen (secondary N) is 1. The van der Waals surface area contributed by atoms with Crippen molar-refractivity contribution in [2.75, 3.05) is 0 Å². The molecule has 1 aromatic carbocycles. The van der Waals surface area contributed by atoms with Crippen LogP contribution in [-0.4, -0.2) is 27.4 Å². The number of carbonyl (C=O) groups excluding carboxylic acids is 2. The van der Waals surface area contributed by atoms with Crippen LogP contribution in [0, 0.1) is 0 Å². The standard InChI is InChI=1S/C20H20ClN3O3S/c1-13(2)27-18(26)12-15(14-6-4-3-5-7-14)22-17(25)9-8-16-19(21)23-20-24(16)10-11-28-20/h3-11,13,15H,12H2,1-2H3,(H,22,25)/b9-8+. The fourth-order valence-electron chi connectivity index (χ4n) is 2.72. The average Bonchev–Trinajstić information content (AvgIpc) is 3.20. The van der Waals surface area contributed by atoms with Gasteiger partial charge in [0, 0.05) is 17.7 Å². The van der Waals surface area contributed by atoms with Gasteiger partial charge < -0.3 is 10.1 Å². The Labute approximate surface area is 171 Å². The summed E-state index contributed by atoms with van der Waals surface area (Å²) in [7, 11) is 0. The summed E-state index contributed by atoms with van der Waals surface area (Å²) in [5, 5.41) is 5.08. The maximum atomic E-state index is 12.5. The quantitative estimate of drug-likeness (QED) is 0.460. The van der Waals surface area contributed by atoms with Gasteiger partial charge in [0.15, 0.2) is 10.1 Å². The number of ether oxygens (including phenoxy) is 1. The van der Waals surface area contributed by atoms with Crippen molar-refractivity contribution < 1.29 is 14.3 Å². The van der Waals surface area contributed by atoms with E-state index in [9.17, 15) is 9.59 Å². The van der Waals surface area contributed by atoms with Gasteiger partial charge in [0.1, 0.15) is 0 Å². The molecule has 0 radical (unpaired) electrons. The predicted octanol–water partition coefficient (Wildman–Crippen LogP) is 4.26. The highest BCUT2D eigenvalue weighted by atomic mass is 35.5. The molecule has 0 saturated heterocycles. The highest BCUT2D eigenvalue weighted by molar-refractivity contribution is 7.15. The van der Waals surface area contributed by atoms with Crippen molar-refractivity contribution in [1.82, 2.24) is 14.7 Å². The number of benzene rings is 1. The molecule has 1 N–H and O–H groups in total. The van der Waals surface area contributed by atoms with E-state index in [1.165, 1.54) is 17.4 Å². The maximum absolute atomic E-state index is 12.5. The Balaban J connectivity index is 1.74. The SMILES string of the molecule is CC(C)OC(=O)CC(NC(=O)/C=C/c1c(Cl)nc2sccn12)c1ccccc1. The highest BCUT2D eigenvalue weighted by Gasteiger charge is 2.19. The summed E-state index contributed by atoms with van der Waals surface area (Å²) >= 11 is 7.60. The van der Waals surface area contributed by atoms with E-state index in [0.29, 0.717) is 10.8 Å². The normalized spacial score (nSPS) is 12.6. The van der Waals surface area contributed by atoms with E-state index in [2.05, 4.69) is 10.3 Å². The Hall–Kier alpha value is -2.64. The molecule has 0 spiro atoms. The number of esters is 1. The number of hydrogen-bond donors (Lipinski definition) is 1. The second-order valence-corrected chi connectivity index (χ2v) is 7.62. The van der Waals surface area contributed by atoms with Crippen LogP contribution in [0.15, 0.2) is 48.0 Å². The van der Waals surface area contributed by atoms with Crippen molar-refractivity contribution in [3.63, 3.8) is 0 Å². The van der Waals surface area contributed by atoms with E-state index in [0.717, 1.165) is 10.5 Å². The molecule has 2 aromatic heterocycles. The van der Waals surface area contributed by atoms with E-state index in [4.69, 9.17) is 16.3 Å². The van der Waals surface area contributed by atoms with Gasteiger partial charge in [0.05, 0.1) is 24.3 Å². The molecular weight excluding hydrogens is 398 g/mol. The van der Waals surface area contributed by atoms with Crippen LogP contribution in [0.5, 0.6) is 0 Å². The van der Waals surface area contributed by atoms with Crippen molar-refractivity contribution >= 4 is 45.9 Å². The molecule has 146 valence electrons. The molecule has 0 fully saturated rings. The van der Waals surface area contributed by atoms with Crippen molar-refractivity contribution in [3.05, 3.63) is 64.4 Å². The first-order valence-corrected chi connectivity index (χ1v) is 10.0. The number of thiazole rings is 1. The molecule has 0 saturated carbocycles. The van der Waals surface area contributed by atoms with Crippen molar-refractivity contribution in [1.29, 1.82) is 0 Å². The molecule has 0 aliphatic heterocycles. The second-order valence-electron chi connectivity index (χ2n) is 6.39. The Morgan fingerprint density at radius 2 is 2.07 bits per heavy atom. The molecule has 0 aliphatic rings. The van der Waals surface area contributed by atoms with Gasteiger partial charge in [0.2, 0.25) is 5.91 Å². The second kappa shape index (κ2) is 9.03. The van der Waals surface area contributed by atoms with Gasteiger partial charge in [-0.05, 0) is 25.5 Å². The molecule has 0 aliphatic carbocycles. The van der Waals surface area contributed by atoms with Crippen LogP contribution < -0.4 is 5.32 Å². The molecular formula is C20H20ClN3O3S. The molecule has 6 nitrogen and oxygen atoms in total. The number of hydrogen-bond acceptors (Lipinski definition) is 5. The largest absolute Gasteiger partial charge is 0.463 e. The number of fused-ring (bicyclic) bond motifs is 1. The van der Waals surface area contributed by atoms with Crippen LogP contribution in [0.4, 0.5) is 0 Å². The number of halogens is 1. The van der Waals surface area contributed by atoms with Crippen LogP contribution in [0.2, 0.25) is 5.15 Å². The van der Waals surface area contributed by atoms with Crippen molar-refractivity contribution in [2.45, 2.75) is 32.4 Å². The Kier molecular flexibility index (Phi) is 6.49. The summed E-state index contributed by atoms with van der Waals surface area (Å²) in [6.45, 7) is 3.58. The minimum absolute atomic E-state index is 0.0456. The number of aromatic nitrogens is 2. The number of amides is 1. The number of carbonyl (C=O) groups is 2. The molecule has 28 heavy (non-hydrogen) atoms. The van der Waals surface area contributed by atoms with Gasteiger partial charge in [-0.25, -0.2) is 4.98 Å². The number of rotatable bonds is 7. The topological polar surface area (TPSA) is 72.7 Å². The Morgan fingerprint density at radius 1 is 1.32 bits per heavy atom. The first kappa shape index (κ1) is 20.1. The fraction of sp³-hybridized carbons (Fsp3) is 0.250. The first-order valence-electron chi connectivity index (χ1n) is 8.78. The molecule has 8 heteroatoms. The van der Waals surface area contributed by atoms with Gasteiger partial charge in [-0.2, -0.15) is 0 Å². The van der Waals surface area contributed by atoms with Crippen molar-refractivity contribution in [3.8, 4) is 0 Å². The fourth-order valence-corrected chi connectivity index (χ4v) is 3.72. The molecule has 0 bridgehead atoms. The number of nitrogens with zero attached hydrogens (tertiary/aromatic N) is 2. The minimum atomic E-state index is -0.494. The highest BCUT2D eigenvalue weighted by Crippen LogP contribution is 2.22. The van der Waals surface area contributed by atoms with Crippen LogP contribution in [0.25, 0.3) is 11.0 Å². The van der Waals surface area contributed by atoms with Gasteiger partial charge >= 0.3 is 5.97 Å². The van der Waals surface area contributed by atoms with E-state index in [1.54, 1.807) is 19.9 Å². The zero-order valence-electron chi connectivity index (χ0n) is 15.5. The van der Waals surface area contributed by atoms with E-state index in [-0.39, 0.29) is 24.4 Å². The lowest BCUT2D eigenvalue weighted by molar-refractivity contribution is -0.148. The van der Waals surface area contributed by atoms with Crippen LogP contribution >= 0.6 is 22.9 Å². The summed E-state index contributed by atoms with van der Waals surface area (Å²) in [6, 6.07) is 8.82. The Bertz CT molecular complexity index is 995. The third-order valence-corrected chi connectivity index (χ3v) is 4.94. The van der Waals surface area contributed by atoms with E-state index in [1.807, 2.05) is 46.3 Å². The van der Waals surface area contributed by atoms with Crippen LogP contribution in [0.3, 0.4) is 0 Å². The molecule has 3 rings (SSSR count). The molecule has 2 heterocycles. The van der Waals surface area contributed by atoms with E-state index < -0.39 is 6.04 Å².